The van der Waals surface area contributed by atoms with Crippen molar-refractivity contribution in [1.29, 1.82) is 0 Å². The standard InChI is InChI=1S/C15H22BrNO2/c1-9(2)13-10(11-6-5-7-17-11)8-12(18-3)15(19-4)14(13)16/h8-9,11,17H,5-7H2,1-4H3. The number of methoxy groups -OCH3 is 2. The zero-order chi connectivity index (χ0) is 14.0. The number of nitrogens with one attached hydrogen (secondary N) is 1. The molecule has 0 spiro atoms. The van der Waals surface area contributed by atoms with Gasteiger partial charge in [0.1, 0.15) is 0 Å². The fraction of sp³-hybridized carbons (Fsp3) is 0.600. The second-order valence-electron chi connectivity index (χ2n) is 5.23. The van der Waals surface area contributed by atoms with E-state index in [0.717, 1.165) is 22.5 Å². The van der Waals surface area contributed by atoms with Gasteiger partial charge in [-0.25, -0.2) is 0 Å². The molecule has 0 amide bonds. The Balaban J connectivity index is 2.59. The molecule has 1 heterocycles. The van der Waals surface area contributed by atoms with Gasteiger partial charge in [-0.1, -0.05) is 13.8 Å². The fourth-order valence-electron chi connectivity index (χ4n) is 2.81. The normalized spacial score (nSPS) is 18.9. The van der Waals surface area contributed by atoms with Crippen molar-refractivity contribution >= 4 is 15.9 Å². The number of hydrogen-bond acceptors (Lipinski definition) is 3. The molecule has 2 rings (SSSR count). The van der Waals surface area contributed by atoms with E-state index in [-0.39, 0.29) is 0 Å². The third kappa shape index (κ3) is 2.75. The number of hydrogen-bond donors (Lipinski definition) is 1. The van der Waals surface area contributed by atoms with Crippen molar-refractivity contribution in [2.24, 2.45) is 0 Å². The van der Waals surface area contributed by atoms with Crippen molar-refractivity contribution in [2.45, 2.75) is 38.6 Å². The highest BCUT2D eigenvalue weighted by molar-refractivity contribution is 9.10. The van der Waals surface area contributed by atoms with Crippen LogP contribution in [0.1, 0.15) is 49.8 Å². The summed E-state index contributed by atoms with van der Waals surface area (Å²) in [5, 5.41) is 3.57. The Morgan fingerprint density at radius 2 is 2.05 bits per heavy atom. The molecule has 19 heavy (non-hydrogen) atoms. The summed E-state index contributed by atoms with van der Waals surface area (Å²) >= 11 is 3.70. The molecule has 1 atom stereocenters. The van der Waals surface area contributed by atoms with Crippen molar-refractivity contribution < 1.29 is 9.47 Å². The van der Waals surface area contributed by atoms with Crippen LogP contribution in [0.4, 0.5) is 0 Å². The van der Waals surface area contributed by atoms with Crippen LogP contribution in [0.5, 0.6) is 11.5 Å². The van der Waals surface area contributed by atoms with Crippen LogP contribution >= 0.6 is 15.9 Å². The van der Waals surface area contributed by atoms with Crippen molar-refractivity contribution in [3.05, 3.63) is 21.7 Å². The van der Waals surface area contributed by atoms with Crippen molar-refractivity contribution in [1.82, 2.24) is 5.32 Å². The van der Waals surface area contributed by atoms with E-state index in [4.69, 9.17) is 9.47 Å². The molecule has 1 aromatic carbocycles. The summed E-state index contributed by atoms with van der Waals surface area (Å²) in [6, 6.07) is 2.55. The average Bonchev–Trinajstić information content (AvgIpc) is 2.90. The minimum atomic E-state index is 0.425. The predicted molar refractivity (Wildman–Crippen MR) is 81.3 cm³/mol. The Morgan fingerprint density at radius 1 is 1.32 bits per heavy atom. The van der Waals surface area contributed by atoms with Crippen LogP contribution in [0.3, 0.4) is 0 Å². The summed E-state index contributed by atoms with van der Waals surface area (Å²) in [4.78, 5) is 0. The zero-order valence-corrected chi connectivity index (χ0v) is 13.6. The smallest absolute Gasteiger partial charge is 0.175 e. The summed E-state index contributed by atoms with van der Waals surface area (Å²) in [7, 11) is 3.37. The van der Waals surface area contributed by atoms with E-state index >= 15 is 0 Å². The maximum atomic E-state index is 5.48. The first-order valence-electron chi connectivity index (χ1n) is 6.77. The van der Waals surface area contributed by atoms with Gasteiger partial charge in [-0.05, 0) is 58.4 Å². The van der Waals surface area contributed by atoms with Crippen LogP contribution in [-0.2, 0) is 0 Å². The molecule has 0 saturated carbocycles. The lowest BCUT2D eigenvalue weighted by molar-refractivity contribution is 0.351. The quantitative estimate of drug-likeness (QED) is 0.906. The first kappa shape index (κ1) is 14.7. The molecule has 1 saturated heterocycles. The third-order valence-electron chi connectivity index (χ3n) is 3.69. The summed E-state index contributed by atoms with van der Waals surface area (Å²) in [6.45, 7) is 5.52. The average molecular weight is 328 g/mol. The summed E-state index contributed by atoms with van der Waals surface area (Å²) in [5.74, 6) is 2.02. The number of halogens is 1. The van der Waals surface area contributed by atoms with Gasteiger partial charge in [-0.3, -0.25) is 0 Å². The minimum absolute atomic E-state index is 0.425. The van der Waals surface area contributed by atoms with Gasteiger partial charge in [-0.2, -0.15) is 0 Å². The van der Waals surface area contributed by atoms with Crippen LogP contribution in [0.2, 0.25) is 0 Å². The number of benzene rings is 1. The Hall–Kier alpha value is -0.740. The lowest BCUT2D eigenvalue weighted by Crippen LogP contribution is -2.16. The topological polar surface area (TPSA) is 30.5 Å². The molecule has 1 aliphatic rings. The molecule has 0 aliphatic carbocycles. The highest BCUT2D eigenvalue weighted by atomic mass is 79.9. The number of rotatable bonds is 4. The molecular weight excluding hydrogens is 306 g/mol. The largest absolute Gasteiger partial charge is 0.493 e. The lowest BCUT2D eigenvalue weighted by Gasteiger charge is -2.23. The third-order valence-corrected chi connectivity index (χ3v) is 4.48. The molecule has 1 aromatic rings. The minimum Gasteiger partial charge on any atom is -0.493 e. The van der Waals surface area contributed by atoms with Gasteiger partial charge in [0.15, 0.2) is 11.5 Å². The first-order valence-corrected chi connectivity index (χ1v) is 7.57. The monoisotopic (exact) mass is 327 g/mol. The van der Waals surface area contributed by atoms with Gasteiger partial charge >= 0.3 is 0 Å². The molecule has 106 valence electrons. The second-order valence-corrected chi connectivity index (χ2v) is 6.03. The molecule has 0 bridgehead atoms. The molecule has 1 unspecified atom stereocenters. The van der Waals surface area contributed by atoms with Crippen LogP contribution in [0, 0.1) is 0 Å². The van der Waals surface area contributed by atoms with Crippen LogP contribution in [-0.4, -0.2) is 20.8 Å². The molecule has 3 nitrogen and oxygen atoms in total. The second kappa shape index (κ2) is 6.14. The van der Waals surface area contributed by atoms with Crippen LogP contribution < -0.4 is 14.8 Å². The van der Waals surface area contributed by atoms with Crippen molar-refractivity contribution in [2.75, 3.05) is 20.8 Å². The van der Waals surface area contributed by atoms with Crippen molar-refractivity contribution in [3.63, 3.8) is 0 Å². The van der Waals surface area contributed by atoms with Gasteiger partial charge in [0.25, 0.3) is 0 Å². The van der Waals surface area contributed by atoms with Crippen LogP contribution in [0.15, 0.2) is 10.5 Å². The zero-order valence-electron chi connectivity index (χ0n) is 12.0. The highest BCUT2D eigenvalue weighted by Crippen LogP contribution is 2.45. The van der Waals surface area contributed by atoms with Gasteiger partial charge in [0.05, 0.1) is 18.7 Å². The van der Waals surface area contributed by atoms with E-state index < -0.39 is 0 Å². The predicted octanol–water partition coefficient (Wildman–Crippen LogP) is 4.01. The first-order chi connectivity index (χ1) is 9.10. The van der Waals surface area contributed by atoms with E-state index in [1.165, 1.54) is 24.0 Å². The molecule has 1 aliphatic heterocycles. The van der Waals surface area contributed by atoms with E-state index in [9.17, 15) is 0 Å². The number of ether oxygens (including phenoxy) is 2. The maximum Gasteiger partial charge on any atom is 0.175 e. The Bertz CT molecular complexity index is 454. The Morgan fingerprint density at radius 3 is 2.53 bits per heavy atom. The van der Waals surface area contributed by atoms with E-state index in [1.54, 1.807) is 14.2 Å². The molecule has 1 N–H and O–H groups in total. The fourth-order valence-corrected chi connectivity index (χ4v) is 3.85. The van der Waals surface area contributed by atoms with Gasteiger partial charge < -0.3 is 14.8 Å². The Kier molecular flexibility index (Phi) is 4.74. The summed E-state index contributed by atoms with van der Waals surface area (Å²) < 4.78 is 12.0. The molecule has 0 radical (unpaired) electrons. The molecular formula is C15H22BrNO2. The molecule has 0 aromatic heterocycles. The van der Waals surface area contributed by atoms with E-state index in [1.807, 2.05) is 0 Å². The summed E-state index contributed by atoms with van der Waals surface area (Å²) in [5.41, 5.74) is 2.65. The lowest BCUT2D eigenvalue weighted by atomic mass is 9.91. The molecule has 1 fully saturated rings. The maximum absolute atomic E-state index is 5.48. The summed E-state index contributed by atoms with van der Waals surface area (Å²) in [6.07, 6.45) is 2.41. The van der Waals surface area contributed by atoms with Gasteiger partial charge in [-0.15, -0.1) is 0 Å². The van der Waals surface area contributed by atoms with Crippen molar-refractivity contribution in [3.8, 4) is 11.5 Å². The SMILES string of the molecule is COc1cc(C2CCCN2)c(C(C)C)c(Br)c1OC. The van der Waals surface area contributed by atoms with Gasteiger partial charge in [0.2, 0.25) is 0 Å². The Labute approximate surface area is 123 Å². The molecule has 4 heteroatoms. The van der Waals surface area contributed by atoms with Crippen LogP contribution in [0.25, 0.3) is 0 Å². The van der Waals surface area contributed by atoms with Gasteiger partial charge in [0, 0.05) is 6.04 Å². The highest BCUT2D eigenvalue weighted by Gasteiger charge is 2.26. The van der Waals surface area contributed by atoms with E-state index in [0.29, 0.717) is 12.0 Å². The van der Waals surface area contributed by atoms with E-state index in [2.05, 4.69) is 41.2 Å².